The highest BCUT2D eigenvalue weighted by Gasteiger charge is 2.12. The number of aryl methyl sites for hydroxylation is 1. The number of ether oxygens (including phenoxy) is 1. The third-order valence-electron chi connectivity index (χ3n) is 2.47. The van der Waals surface area contributed by atoms with Gasteiger partial charge in [-0.2, -0.15) is 0 Å². The van der Waals surface area contributed by atoms with E-state index in [4.69, 9.17) is 22.1 Å². The molecule has 2 N–H and O–H groups in total. The van der Waals surface area contributed by atoms with Crippen molar-refractivity contribution in [2.24, 2.45) is 5.73 Å². The van der Waals surface area contributed by atoms with E-state index in [1.54, 1.807) is 0 Å². The molecule has 0 atom stereocenters. The normalized spacial score (nSPS) is 10.5. The molecule has 1 rings (SSSR count). The van der Waals surface area contributed by atoms with Gasteiger partial charge in [-0.15, -0.1) is 0 Å². The van der Waals surface area contributed by atoms with E-state index in [2.05, 4.69) is 0 Å². The van der Waals surface area contributed by atoms with E-state index in [9.17, 15) is 0 Å². The Morgan fingerprint density at radius 2 is 2.07 bits per heavy atom. The fourth-order valence-electron chi connectivity index (χ4n) is 1.71. The van der Waals surface area contributed by atoms with Gasteiger partial charge in [0.1, 0.15) is 5.75 Å². The first-order valence-electron chi connectivity index (χ1n) is 5.23. The second-order valence-electron chi connectivity index (χ2n) is 3.58. The Morgan fingerprint density at radius 3 is 2.60 bits per heavy atom. The summed E-state index contributed by atoms with van der Waals surface area (Å²) in [6.07, 6.45) is 0.808. The monoisotopic (exact) mass is 227 g/mol. The Hall–Kier alpha value is -0.730. The van der Waals surface area contributed by atoms with Crippen LogP contribution in [-0.2, 0) is 6.42 Å². The molecule has 0 aromatic heterocycles. The van der Waals surface area contributed by atoms with E-state index >= 15 is 0 Å². The standard InChI is InChI=1S/C12H18ClNO/c1-4-15-12-8(2)7-11(13)9(3)10(12)5-6-14/h7H,4-6,14H2,1-3H3. The van der Waals surface area contributed by atoms with Crippen molar-refractivity contribution < 1.29 is 4.74 Å². The molecule has 1 aromatic carbocycles. The molecule has 0 heterocycles. The maximum Gasteiger partial charge on any atom is 0.125 e. The predicted molar refractivity (Wildman–Crippen MR) is 64.9 cm³/mol. The van der Waals surface area contributed by atoms with Crippen LogP contribution in [0.3, 0.4) is 0 Å². The van der Waals surface area contributed by atoms with Gasteiger partial charge in [0.05, 0.1) is 6.61 Å². The zero-order chi connectivity index (χ0) is 11.4. The molecule has 1 aromatic rings. The molecule has 0 amide bonds. The van der Waals surface area contributed by atoms with Crippen LogP contribution in [-0.4, -0.2) is 13.2 Å². The van der Waals surface area contributed by atoms with Crippen LogP contribution in [0.4, 0.5) is 0 Å². The summed E-state index contributed by atoms with van der Waals surface area (Å²) in [5.41, 5.74) is 8.90. The van der Waals surface area contributed by atoms with Gasteiger partial charge in [0.25, 0.3) is 0 Å². The summed E-state index contributed by atoms with van der Waals surface area (Å²) in [6, 6.07) is 1.95. The molecule has 0 bridgehead atoms. The third-order valence-corrected chi connectivity index (χ3v) is 2.86. The predicted octanol–water partition coefficient (Wildman–Crippen LogP) is 2.86. The zero-order valence-corrected chi connectivity index (χ0v) is 10.3. The zero-order valence-electron chi connectivity index (χ0n) is 9.56. The van der Waals surface area contributed by atoms with E-state index in [-0.39, 0.29) is 0 Å². The Kier molecular flexibility index (Phi) is 4.43. The van der Waals surface area contributed by atoms with Crippen LogP contribution in [0.15, 0.2) is 6.07 Å². The molecular formula is C12H18ClNO. The summed E-state index contributed by atoms with van der Waals surface area (Å²) in [5.74, 6) is 0.949. The van der Waals surface area contributed by atoms with Crippen molar-refractivity contribution in [3.63, 3.8) is 0 Å². The second kappa shape index (κ2) is 5.38. The number of hydrogen-bond acceptors (Lipinski definition) is 2. The summed E-state index contributed by atoms with van der Waals surface area (Å²) in [6.45, 7) is 7.28. The molecule has 0 radical (unpaired) electrons. The Morgan fingerprint density at radius 1 is 1.40 bits per heavy atom. The Bertz CT molecular complexity index is 350. The smallest absolute Gasteiger partial charge is 0.125 e. The van der Waals surface area contributed by atoms with Crippen LogP contribution in [0, 0.1) is 13.8 Å². The van der Waals surface area contributed by atoms with E-state index in [0.717, 1.165) is 33.9 Å². The maximum atomic E-state index is 6.13. The third kappa shape index (κ3) is 2.64. The lowest BCUT2D eigenvalue weighted by Gasteiger charge is -2.16. The summed E-state index contributed by atoms with van der Waals surface area (Å²) < 4.78 is 5.64. The van der Waals surface area contributed by atoms with E-state index in [1.165, 1.54) is 0 Å². The SMILES string of the molecule is CCOc1c(C)cc(Cl)c(C)c1CCN. The van der Waals surface area contributed by atoms with E-state index < -0.39 is 0 Å². The largest absolute Gasteiger partial charge is 0.493 e. The minimum atomic E-state index is 0.612. The van der Waals surface area contributed by atoms with Gasteiger partial charge in [0.2, 0.25) is 0 Å². The van der Waals surface area contributed by atoms with Crippen molar-refractivity contribution in [3.05, 3.63) is 27.8 Å². The van der Waals surface area contributed by atoms with Crippen LogP contribution in [0.25, 0.3) is 0 Å². The molecule has 0 saturated carbocycles. The maximum absolute atomic E-state index is 6.13. The molecule has 0 aliphatic rings. The fraction of sp³-hybridized carbons (Fsp3) is 0.500. The van der Waals surface area contributed by atoms with Gasteiger partial charge >= 0.3 is 0 Å². The Labute approximate surface area is 96.4 Å². The molecule has 0 saturated heterocycles. The average Bonchev–Trinajstić information content (AvgIpc) is 2.20. The molecule has 0 aliphatic heterocycles. The average molecular weight is 228 g/mol. The van der Waals surface area contributed by atoms with Gasteiger partial charge in [0.15, 0.2) is 0 Å². The van der Waals surface area contributed by atoms with Crippen LogP contribution in [0.1, 0.15) is 23.6 Å². The van der Waals surface area contributed by atoms with Crippen LogP contribution in [0.2, 0.25) is 5.02 Å². The number of benzene rings is 1. The molecule has 0 fully saturated rings. The minimum absolute atomic E-state index is 0.612. The van der Waals surface area contributed by atoms with Gasteiger partial charge in [-0.1, -0.05) is 11.6 Å². The summed E-state index contributed by atoms with van der Waals surface area (Å²) in [5, 5.41) is 0.791. The lowest BCUT2D eigenvalue weighted by atomic mass is 10.0. The first-order chi connectivity index (χ1) is 7.11. The molecule has 3 heteroatoms. The first-order valence-corrected chi connectivity index (χ1v) is 5.61. The van der Waals surface area contributed by atoms with Crippen LogP contribution in [0.5, 0.6) is 5.75 Å². The van der Waals surface area contributed by atoms with Crippen LogP contribution >= 0.6 is 11.6 Å². The number of nitrogens with two attached hydrogens (primary N) is 1. The lowest BCUT2D eigenvalue weighted by molar-refractivity contribution is 0.334. The van der Waals surface area contributed by atoms with Crippen molar-refractivity contribution in [2.45, 2.75) is 27.2 Å². The summed E-state index contributed by atoms with van der Waals surface area (Å²) in [4.78, 5) is 0. The molecule has 84 valence electrons. The molecule has 0 spiro atoms. The number of hydrogen-bond donors (Lipinski definition) is 1. The van der Waals surface area contributed by atoms with Crippen molar-refractivity contribution in [1.29, 1.82) is 0 Å². The highest BCUT2D eigenvalue weighted by Crippen LogP contribution is 2.32. The fourth-order valence-corrected chi connectivity index (χ4v) is 1.98. The van der Waals surface area contributed by atoms with E-state index in [0.29, 0.717) is 13.2 Å². The van der Waals surface area contributed by atoms with Crippen molar-refractivity contribution in [1.82, 2.24) is 0 Å². The van der Waals surface area contributed by atoms with Gasteiger partial charge in [-0.3, -0.25) is 0 Å². The minimum Gasteiger partial charge on any atom is -0.493 e. The summed E-state index contributed by atoms with van der Waals surface area (Å²) >= 11 is 6.13. The number of halogens is 1. The van der Waals surface area contributed by atoms with Crippen molar-refractivity contribution in [2.75, 3.05) is 13.2 Å². The molecule has 0 aliphatic carbocycles. The van der Waals surface area contributed by atoms with Gasteiger partial charge < -0.3 is 10.5 Å². The molecular weight excluding hydrogens is 210 g/mol. The van der Waals surface area contributed by atoms with Gasteiger partial charge in [0, 0.05) is 10.6 Å². The van der Waals surface area contributed by atoms with Crippen LogP contribution < -0.4 is 10.5 Å². The lowest BCUT2D eigenvalue weighted by Crippen LogP contribution is -2.08. The Balaban J connectivity index is 3.26. The highest BCUT2D eigenvalue weighted by atomic mass is 35.5. The van der Waals surface area contributed by atoms with Gasteiger partial charge in [-0.05, 0) is 50.9 Å². The van der Waals surface area contributed by atoms with E-state index in [1.807, 2.05) is 26.8 Å². The second-order valence-corrected chi connectivity index (χ2v) is 3.99. The van der Waals surface area contributed by atoms with Crippen molar-refractivity contribution in [3.8, 4) is 5.75 Å². The quantitative estimate of drug-likeness (QED) is 0.859. The number of rotatable bonds is 4. The molecule has 15 heavy (non-hydrogen) atoms. The van der Waals surface area contributed by atoms with Gasteiger partial charge in [-0.25, -0.2) is 0 Å². The topological polar surface area (TPSA) is 35.2 Å². The summed E-state index contributed by atoms with van der Waals surface area (Å²) in [7, 11) is 0. The molecule has 2 nitrogen and oxygen atoms in total. The first kappa shape index (κ1) is 12.3. The van der Waals surface area contributed by atoms with Crippen molar-refractivity contribution >= 4 is 11.6 Å². The highest BCUT2D eigenvalue weighted by molar-refractivity contribution is 6.31. The molecule has 0 unspecified atom stereocenters.